The van der Waals surface area contributed by atoms with E-state index in [2.05, 4.69) is 0 Å². The van der Waals surface area contributed by atoms with Gasteiger partial charge in [-0.15, -0.1) is 0 Å². The van der Waals surface area contributed by atoms with Crippen molar-refractivity contribution in [2.45, 2.75) is 168 Å². The number of rotatable bonds is 8. The van der Waals surface area contributed by atoms with Crippen molar-refractivity contribution in [2.75, 3.05) is 0 Å². The molecule has 0 aromatic heterocycles. The van der Waals surface area contributed by atoms with E-state index in [1.807, 2.05) is 83.1 Å². The number of phenols is 2. The number of phenolic OH excluding ortho intramolecular Hbond substituents is 2. The summed E-state index contributed by atoms with van der Waals surface area (Å²) in [7, 11) is -9.74. The first kappa shape index (κ1) is 52.0. The quantitative estimate of drug-likeness (QED) is 0.213. The van der Waals surface area contributed by atoms with Gasteiger partial charge in [-0.2, -0.15) is 0 Å². The molecule has 2 aromatic rings. The fourth-order valence-corrected chi connectivity index (χ4v) is 8.94. The van der Waals surface area contributed by atoms with Crippen LogP contribution in [0.1, 0.15) is 170 Å². The molecular formula is C38H62Mg2O8P2. The van der Waals surface area contributed by atoms with Crippen LogP contribution >= 0.6 is 15.2 Å². The zero-order chi connectivity index (χ0) is 38.3. The van der Waals surface area contributed by atoms with E-state index in [0.29, 0.717) is 33.4 Å². The van der Waals surface area contributed by atoms with Crippen LogP contribution in [0.2, 0.25) is 0 Å². The molecule has 50 heavy (non-hydrogen) atoms. The van der Waals surface area contributed by atoms with Gasteiger partial charge in [0.25, 0.3) is 0 Å². The molecule has 276 valence electrons. The molecule has 2 N–H and O–H groups in total. The van der Waals surface area contributed by atoms with Gasteiger partial charge in [0.15, 0.2) is 0 Å². The minimum Gasteiger partial charge on any atom is -0.810 e. The van der Waals surface area contributed by atoms with Crippen molar-refractivity contribution in [3.8, 4) is 11.5 Å². The second-order valence-corrected chi connectivity index (χ2v) is 21.0. The zero-order valence-electron chi connectivity index (χ0n) is 33.8. The molecule has 0 heterocycles. The summed E-state index contributed by atoms with van der Waals surface area (Å²) < 4.78 is 24.3. The first-order valence-corrected chi connectivity index (χ1v) is 20.1. The molecule has 0 aliphatic carbocycles. The van der Waals surface area contributed by atoms with Crippen molar-refractivity contribution >= 4 is 61.3 Å². The molecule has 8 nitrogen and oxygen atoms in total. The van der Waals surface area contributed by atoms with Crippen LogP contribution < -0.4 is 19.6 Å². The third-order valence-electron chi connectivity index (χ3n) is 9.91. The van der Waals surface area contributed by atoms with Crippen LogP contribution in [0, 0.1) is 0 Å². The maximum Gasteiger partial charge on any atom is 2.00 e. The zero-order valence-corrected chi connectivity index (χ0v) is 38.4. The van der Waals surface area contributed by atoms with Crippen molar-refractivity contribution in [3.63, 3.8) is 0 Å². The topological polar surface area (TPSA) is 167 Å². The van der Waals surface area contributed by atoms with E-state index >= 15 is 0 Å². The Morgan fingerprint density at radius 2 is 0.620 bits per heavy atom. The molecular weight excluding hydrogens is 695 g/mol. The minimum atomic E-state index is -4.87. The molecule has 0 bridgehead atoms. The monoisotopic (exact) mass is 756 g/mol. The van der Waals surface area contributed by atoms with Crippen molar-refractivity contribution in [3.05, 3.63) is 57.6 Å². The second kappa shape index (κ2) is 17.6. The number of aromatic hydroxyl groups is 2. The van der Waals surface area contributed by atoms with Gasteiger partial charge in [0, 0.05) is 10.3 Å². The fraction of sp³-hybridized carbons (Fsp3) is 0.684. The van der Waals surface area contributed by atoms with Gasteiger partial charge >= 0.3 is 46.1 Å². The molecule has 2 rings (SSSR count). The van der Waals surface area contributed by atoms with Crippen molar-refractivity contribution in [1.29, 1.82) is 0 Å². The summed E-state index contributed by atoms with van der Waals surface area (Å²) in [6.45, 7) is 30.5. The van der Waals surface area contributed by atoms with Crippen LogP contribution in [-0.2, 0) is 41.1 Å². The molecule has 0 amide bonds. The molecule has 0 aliphatic heterocycles. The van der Waals surface area contributed by atoms with Crippen molar-refractivity contribution in [2.24, 2.45) is 0 Å². The van der Waals surface area contributed by atoms with Crippen LogP contribution in [-0.4, -0.2) is 56.3 Å². The van der Waals surface area contributed by atoms with Gasteiger partial charge < -0.3 is 38.9 Å². The van der Waals surface area contributed by atoms with E-state index < -0.39 is 25.5 Å². The Hall–Kier alpha value is -0.128. The van der Waals surface area contributed by atoms with Crippen molar-refractivity contribution < 1.29 is 38.9 Å². The van der Waals surface area contributed by atoms with Crippen LogP contribution in [0.25, 0.3) is 0 Å². The van der Waals surface area contributed by atoms with Gasteiger partial charge in [0.2, 0.25) is 0 Å². The summed E-state index contributed by atoms with van der Waals surface area (Å²) in [6.07, 6.45) is 0.856. The Morgan fingerprint density at radius 1 is 0.460 bits per heavy atom. The van der Waals surface area contributed by atoms with Crippen LogP contribution in [0.3, 0.4) is 0 Å². The van der Waals surface area contributed by atoms with Gasteiger partial charge in [0.1, 0.15) is 11.5 Å². The summed E-state index contributed by atoms with van der Waals surface area (Å²) >= 11 is 0. The largest absolute Gasteiger partial charge is 2.00 e. The maximum atomic E-state index is 12.1. The summed E-state index contributed by atoms with van der Waals surface area (Å²) in [5.74, 6) is 0.373. The number of benzene rings is 2. The van der Waals surface area contributed by atoms with Gasteiger partial charge in [-0.1, -0.05) is 150 Å². The minimum absolute atomic E-state index is 0. The third-order valence-corrected chi connectivity index (χ3v) is 13.8. The van der Waals surface area contributed by atoms with E-state index in [1.165, 1.54) is 0 Å². The maximum absolute atomic E-state index is 12.1. The predicted octanol–water partition coefficient (Wildman–Crippen LogP) is 7.07. The summed E-state index contributed by atoms with van der Waals surface area (Å²) in [6, 6.07) is 6.83. The predicted molar refractivity (Wildman–Crippen MR) is 202 cm³/mol. The Morgan fingerprint density at radius 3 is 0.720 bits per heavy atom. The Labute approximate surface area is 335 Å². The Bertz CT molecular complexity index is 1340. The van der Waals surface area contributed by atoms with E-state index in [-0.39, 0.29) is 105 Å². The van der Waals surface area contributed by atoms with E-state index in [1.54, 1.807) is 52.0 Å². The van der Waals surface area contributed by atoms with Crippen LogP contribution in [0.4, 0.5) is 0 Å². The molecule has 0 saturated carbocycles. The number of hydrogen-bond donors (Lipinski definition) is 2. The Kier molecular flexibility index (Phi) is 18.3. The van der Waals surface area contributed by atoms with Crippen LogP contribution in [0.5, 0.6) is 11.5 Å². The van der Waals surface area contributed by atoms with Gasteiger partial charge in [-0.05, 0) is 80.7 Å². The van der Waals surface area contributed by atoms with Crippen LogP contribution in [0.15, 0.2) is 24.3 Å². The summed E-state index contributed by atoms with van der Waals surface area (Å²) in [5.41, 5.74) is 2.18. The third kappa shape index (κ3) is 11.0. The van der Waals surface area contributed by atoms with E-state index in [4.69, 9.17) is 0 Å². The van der Waals surface area contributed by atoms with Crippen molar-refractivity contribution in [1.82, 2.24) is 0 Å². The smallest absolute Gasteiger partial charge is 0.810 e. The Balaban J connectivity index is 0. The molecule has 12 heteroatoms. The van der Waals surface area contributed by atoms with Gasteiger partial charge in [-0.25, -0.2) is 0 Å². The first-order valence-electron chi connectivity index (χ1n) is 17.0. The first-order chi connectivity index (χ1) is 21.2. The average Bonchev–Trinajstić information content (AvgIpc) is 2.88. The molecule has 0 spiro atoms. The molecule has 0 aliphatic rings. The fourth-order valence-electron chi connectivity index (χ4n) is 6.50. The second-order valence-electron chi connectivity index (χ2n) is 17.3. The molecule has 0 unspecified atom stereocenters. The summed E-state index contributed by atoms with van der Waals surface area (Å²) in [5, 5.41) is 18.7. The molecule has 0 radical (unpaired) electrons. The molecule has 0 fully saturated rings. The molecule has 0 atom stereocenters. The number of hydrogen-bond acceptors (Lipinski definition) is 8. The molecule has 0 saturated heterocycles. The average molecular weight is 757 g/mol. The van der Waals surface area contributed by atoms with E-state index in [0.717, 1.165) is 0 Å². The standard InChI is InChI=1S/2C19H33O4P.2Mg/c2*1-9-19(10-2,24(21,22)23)13-11-14(17(3,4)5)16(20)15(12-13)18(6,7)8;;/h2*11-12,20H,9-10H2,1-8H3,(H2,21,22,23);;/q;;2*+2/p-4. The molecule has 2 aromatic carbocycles. The normalized spacial score (nSPS) is 13.5. The van der Waals surface area contributed by atoms with Gasteiger partial charge in [0.05, 0.1) is 0 Å². The SMILES string of the molecule is CCC(CC)(c1cc(C(C)(C)C)c(O)c(C(C)(C)C)c1)P(=O)([O-])[O-].CCC(CC)(c1cc(C(C)(C)C)c(O)c(C(C)(C)C)c1)P(=O)([O-])[O-].[Mg+2].[Mg+2]. The van der Waals surface area contributed by atoms with E-state index in [9.17, 15) is 38.9 Å². The van der Waals surface area contributed by atoms with Gasteiger partial charge in [-0.3, -0.25) is 0 Å². The summed E-state index contributed by atoms with van der Waals surface area (Å²) in [4.78, 5) is 48.5.